The van der Waals surface area contributed by atoms with E-state index in [1.54, 1.807) is 12.1 Å². The Kier molecular flexibility index (Phi) is 4.03. The van der Waals surface area contributed by atoms with E-state index < -0.39 is 5.41 Å². The third kappa shape index (κ3) is 3.63. The number of nitrogens with zero attached hydrogens (tertiary/aromatic N) is 2. The molecule has 0 aromatic heterocycles. The summed E-state index contributed by atoms with van der Waals surface area (Å²) >= 11 is 0. The van der Waals surface area contributed by atoms with Crippen LogP contribution in [0.5, 0.6) is 0 Å². The van der Waals surface area contributed by atoms with Crippen molar-refractivity contribution in [3.8, 4) is 6.07 Å². The zero-order valence-corrected chi connectivity index (χ0v) is 10.00. The first kappa shape index (κ1) is 12.7. The molecule has 0 saturated carbocycles. The van der Waals surface area contributed by atoms with Gasteiger partial charge in [0.1, 0.15) is 5.82 Å². The van der Waals surface area contributed by atoms with E-state index in [1.165, 1.54) is 6.07 Å². The molecule has 1 aromatic rings. The molecule has 0 aliphatic heterocycles. The van der Waals surface area contributed by atoms with Crippen molar-refractivity contribution in [2.75, 3.05) is 13.6 Å². The van der Waals surface area contributed by atoms with Gasteiger partial charge in [-0.2, -0.15) is 5.26 Å². The van der Waals surface area contributed by atoms with E-state index in [-0.39, 0.29) is 5.82 Å². The smallest absolute Gasteiger partial charge is 0.127 e. The van der Waals surface area contributed by atoms with Crippen LogP contribution in [-0.4, -0.2) is 18.5 Å². The number of benzene rings is 1. The van der Waals surface area contributed by atoms with E-state index in [9.17, 15) is 4.39 Å². The largest absolute Gasteiger partial charge is 0.300 e. The van der Waals surface area contributed by atoms with Gasteiger partial charge < -0.3 is 4.90 Å². The molecule has 0 fully saturated rings. The van der Waals surface area contributed by atoms with Crippen molar-refractivity contribution in [1.82, 2.24) is 4.90 Å². The number of rotatable bonds is 4. The molecule has 86 valence electrons. The lowest BCUT2D eigenvalue weighted by Crippen LogP contribution is -2.30. The van der Waals surface area contributed by atoms with Crippen molar-refractivity contribution in [3.63, 3.8) is 0 Å². The van der Waals surface area contributed by atoms with Gasteiger partial charge in [0.15, 0.2) is 0 Å². The van der Waals surface area contributed by atoms with Gasteiger partial charge in [-0.25, -0.2) is 4.39 Å². The fraction of sp³-hybridized carbons (Fsp3) is 0.462. The molecule has 1 rings (SSSR count). The molecule has 0 bridgehead atoms. The number of hydrogen-bond donors (Lipinski definition) is 0. The van der Waals surface area contributed by atoms with Gasteiger partial charge in [0.05, 0.1) is 11.5 Å². The van der Waals surface area contributed by atoms with E-state index in [0.29, 0.717) is 18.7 Å². The van der Waals surface area contributed by atoms with Crippen molar-refractivity contribution in [2.45, 2.75) is 20.4 Å². The minimum absolute atomic E-state index is 0.191. The first-order valence-electron chi connectivity index (χ1n) is 5.28. The lowest BCUT2D eigenvalue weighted by molar-refractivity contribution is 0.246. The SMILES string of the molecule is CN(Cc1ccccc1F)CC(C)(C)C#N. The molecule has 3 heteroatoms. The Bertz CT molecular complexity index is 393. The normalized spacial score (nSPS) is 11.5. The summed E-state index contributed by atoms with van der Waals surface area (Å²) in [6, 6.07) is 8.96. The molecule has 0 spiro atoms. The maximum Gasteiger partial charge on any atom is 0.127 e. The van der Waals surface area contributed by atoms with Gasteiger partial charge in [-0.3, -0.25) is 0 Å². The van der Waals surface area contributed by atoms with Gasteiger partial charge in [0.2, 0.25) is 0 Å². The summed E-state index contributed by atoms with van der Waals surface area (Å²) < 4.78 is 13.4. The quantitative estimate of drug-likeness (QED) is 0.780. The molecule has 16 heavy (non-hydrogen) atoms. The Morgan fingerprint density at radius 1 is 1.38 bits per heavy atom. The van der Waals surface area contributed by atoms with Crippen LogP contribution < -0.4 is 0 Å². The first-order chi connectivity index (χ1) is 7.44. The van der Waals surface area contributed by atoms with E-state index >= 15 is 0 Å². The second-order valence-electron chi connectivity index (χ2n) is 4.76. The average molecular weight is 220 g/mol. The van der Waals surface area contributed by atoms with Crippen LogP contribution in [0.3, 0.4) is 0 Å². The Balaban J connectivity index is 2.63. The van der Waals surface area contributed by atoms with Crippen LogP contribution in [-0.2, 0) is 6.54 Å². The van der Waals surface area contributed by atoms with Crippen LogP contribution in [0.2, 0.25) is 0 Å². The maximum absolute atomic E-state index is 13.4. The molecule has 2 nitrogen and oxygen atoms in total. The molecule has 0 aliphatic rings. The Morgan fingerprint density at radius 3 is 2.56 bits per heavy atom. The highest BCUT2D eigenvalue weighted by Gasteiger charge is 2.19. The van der Waals surface area contributed by atoms with Crippen LogP contribution in [0.1, 0.15) is 19.4 Å². The van der Waals surface area contributed by atoms with Crippen LogP contribution in [0, 0.1) is 22.6 Å². The lowest BCUT2D eigenvalue weighted by Gasteiger charge is -2.24. The molecule has 0 N–H and O–H groups in total. The first-order valence-corrected chi connectivity index (χ1v) is 5.28. The van der Waals surface area contributed by atoms with Gasteiger partial charge in [-0.15, -0.1) is 0 Å². The van der Waals surface area contributed by atoms with E-state index in [2.05, 4.69) is 6.07 Å². The van der Waals surface area contributed by atoms with Crippen molar-refractivity contribution in [2.24, 2.45) is 5.41 Å². The summed E-state index contributed by atoms with van der Waals surface area (Å²) in [5, 5.41) is 8.91. The molecule has 0 unspecified atom stereocenters. The molecule has 0 atom stereocenters. The van der Waals surface area contributed by atoms with Crippen molar-refractivity contribution < 1.29 is 4.39 Å². The molecule has 0 aliphatic carbocycles. The standard InChI is InChI=1S/C13H17FN2/c1-13(2,9-15)10-16(3)8-11-6-4-5-7-12(11)14/h4-7H,8,10H2,1-3H3. The highest BCUT2D eigenvalue weighted by molar-refractivity contribution is 5.17. The van der Waals surface area contributed by atoms with Gasteiger partial charge in [-0.05, 0) is 27.0 Å². The maximum atomic E-state index is 13.4. The monoisotopic (exact) mass is 220 g/mol. The Hall–Kier alpha value is -1.40. The van der Waals surface area contributed by atoms with E-state index in [1.807, 2.05) is 31.9 Å². The second kappa shape index (κ2) is 5.09. The highest BCUT2D eigenvalue weighted by atomic mass is 19.1. The molecule has 0 saturated heterocycles. The van der Waals surface area contributed by atoms with Crippen LogP contribution in [0.15, 0.2) is 24.3 Å². The predicted molar refractivity (Wildman–Crippen MR) is 62.1 cm³/mol. The van der Waals surface area contributed by atoms with Crippen molar-refractivity contribution in [3.05, 3.63) is 35.6 Å². The Labute approximate surface area is 96.3 Å². The fourth-order valence-corrected chi connectivity index (χ4v) is 1.68. The zero-order chi connectivity index (χ0) is 12.2. The third-order valence-electron chi connectivity index (χ3n) is 2.37. The fourth-order valence-electron chi connectivity index (χ4n) is 1.68. The number of hydrogen-bond acceptors (Lipinski definition) is 2. The summed E-state index contributed by atoms with van der Waals surface area (Å²) in [4.78, 5) is 1.96. The van der Waals surface area contributed by atoms with E-state index in [0.717, 1.165) is 0 Å². The molecule has 0 radical (unpaired) electrons. The van der Waals surface area contributed by atoms with E-state index in [4.69, 9.17) is 5.26 Å². The summed E-state index contributed by atoms with van der Waals surface area (Å²) in [7, 11) is 1.89. The minimum atomic E-state index is -0.403. The van der Waals surface area contributed by atoms with Crippen molar-refractivity contribution in [1.29, 1.82) is 5.26 Å². The van der Waals surface area contributed by atoms with Crippen LogP contribution in [0.4, 0.5) is 4.39 Å². The van der Waals surface area contributed by atoms with Gasteiger partial charge in [-0.1, -0.05) is 18.2 Å². The minimum Gasteiger partial charge on any atom is -0.300 e. The zero-order valence-electron chi connectivity index (χ0n) is 10.00. The second-order valence-corrected chi connectivity index (χ2v) is 4.76. The van der Waals surface area contributed by atoms with Crippen LogP contribution in [0.25, 0.3) is 0 Å². The molecular weight excluding hydrogens is 203 g/mol. The number of nitriles is 1. The summed E-state index contributed by atoms with van der Waals surface area (Å²) in [5.41, 5.74) is 0.263. The lowest BCUT2D eigenvalue weighted by atomic mass is 9.95. The molecular formula is C13H17FN2. The highest BCUT2D eigenvalue weighted by Crippen LogP contribution is 2.16. The Morgan fingerprint density at radius 2 is 2.00 bits per heavy atom. The molecule has 0 amide bonds. The summed E-state index contributed by atoms with van der Waals surface area (Å²) in [6.07, 6.45) is 0. The summed E-state index contributed by atoms with van der Waals surface area (Å²) in [5.74, 6) is -0.191. The van der Waals surface area contributed by atoms with Gasteiger partial charge in [0.25, 0.3) is 0 Å². The topological polar surface area (TPSA) is 27.0 Å². The molecule has 1 aromatic carbocycles. The summed E-state index contributed by atoms with van der Waals surface area (Å²) in [6.45, 7) is 4.91. The van der Waals surface area contributed by atoms with Crippen molar-refractivity contribution >= 4 is 0 Å². The van der Waals surface area contributed by atoms with Crippen LogP contribution >= 0.6 is 0 Å². The number of halogens is 1. The van der Waals surface area contributed by atoms with Gasteiger partial charge >= 0.3 is 0 Å². The predicted octanol–water partition coefficient (Wildman–Crippen LogP) is 2.81. The third-order valence-corrected chi connectivity index (χ3v) is 2.37. The van der Waals surface area contributed by atoms with Gasteiger partial charge in [0, 0.05) is 18.7 Å². The molecule has 0 heterocycles. The average Bonchev–Trinajstić information content (AvgIpc) is 2.21.